The maximum absolute atomic E-state index is 14.2. The van der Waals surface area contributed by atoms with Crippen LogP contribution in [0.4, 0.5) is 5.69 Å². The first kappa shape index (κ1) is 60.4. The Morgan fingerprint density at radius 1 is 0.927 bits per heavy atom. The Morgan fingerprint density at radius 2 is 1.63 bits per heavy atom. The predicted molar refractivity (Wildman–Crippen MR) is 308 cm³/mol. The summed E-state index contributed by atoms with van der Waals surface area (Å²) in [6, 6.07) is 7.41. The molecule has 2 aromatic heterocycles. The Kier molecular flexibility index (Phi) is 18.7. The Labute approximate surface area is 487 Å². The number of aliphatic hydroxyl groups is 1. The van der Waals surface area contributed by atoms with Gasteiger partial charge in [0.15, 0.2) is 0 Å². The number of amides is 6. The molecule has 5 aliphatic rings. The predicted octanol–water partition coefficient (Wildman–Crippen LogP) is 4.32. The van der Waals surface area contributed by atoms with E-state index in [1.165, 1.54) is 26.6 Å². The number of primary amides is 1. The van der Waals surface area contributed by atoms with E-state index in [1.807, 2.05) is 64.4 Å². The minimum Gasteiger partial charge on any atom is -0.391 e. The van der Waals surface area contributed by atoms with E-state index in [4.69, 9.17) is 17.3 Å². The van der Waals surface area contributed by atoms with Crippen molar-refractivity contribution in [2.75, 3.05) is 43.4 Å². The Balaban J connectivity index is 0.648. The molecule has 2 bridgehead atoms. The summed E-state index contributed by atoms with van der Waals surface area (Å²) in [7, 11) is -3.61. The number of sulfonamides is 1. The fourth-order valence-electron chi connectivity index (χ4n) is 12.5. The van der Waals surface area contributed by atoms with Gasteiger partial charge in [0, 0.05) is 50.3 Å². The van der Waals surface area contributed by atoms with Crippen LogP contribution in [0.5, 0.6) is 0 Å². The van der Waals surface area contributed by atoms with Crippen LogP contribution in [0, 0.1) is 18.3 Å². The fraction of sp³-hybridized carbons (Fsp3) is 0.579. The van der Waals surface area contributed by atoms with Gasteiger partial charge in [-0.05, 0) is 132 Å². The average Bonchev–Trinajstić information content (AvgIpc) is 4.42. The van der Waals surface area contributed by atoms with Crippen LogP contribution < -0.4 is 26.6 Å². The number of thiazole rings is 1. The van der Waals surface area contributed by atoms with Gasteiger partial charge in [0.1, 0.15) is 18.6 Å². The average molecular weight is 1190 g/mol. The summed E-state index contributed by atoms with van der Waals surface area (Å²) in [5.74, 6) is -3.53. The van der Waals surface area contributed by atoms with Gasteiger partial charge >= 0.3 is 0 Å². The normalized spacial score (nSPS) is 22.3. The van der Waals surface area contributed by atoms with Crippen LogP contribution >= 0.6 is 22.9 Å². The van der Waals surface area contributed by atoms with E-state index >= 15 is 0 Å². The highest BCUT2D eigenvalue weighted by Gasteiger charge is 2.52. The van der Waals surface area contributed by atoms with Gasteiger partial charge in [-0.25, -0.2) is 18.1 Å². The van der Waals surface area contributed by atoms with Crippen molar-refractivity contribution in [2.45, 2.75) is 161 Å². The molecule has 0 radical (unpaired) electrons. The number of Topliss-reactive ketones (excluding diaryl/α,β-unsaturated/α-hetero) is 1. The SMILES string of the molecule is Cc1ncsc1-c1ccc([C@H](C)NC(=O)[C@@H]2C[C@@H](O)CN2C(=O)[C@@H](NC(=O)CCCCc2cn(CC(=O)NCCCN3CCC(CS(=O)(=O)N4C5CCC4CC(N4C(=O)C(=O)c6cc(C(N)=O)c(Cl)cc64)C5)CC3)nn2)C(C)(C)C)cc1. The van der Waals surface area contributed by atoms with Crippen molar-refractivity contribution in [1.29, 1.82) is 0 Å². The molecule has 4 aromatic rings. The number of rotatable bonds is 22. The van der Waals surface area contributed by atoms with Crippen LogP contribution in [0.2, 0.25) is 5.02 Å². The van der Waals surface area contributed by atoms with Gasteiger partial charge in [-0.15, -0.1) is 16.4 Å². The molecule has 4 fully saturated rings. The first-order valence-electron chi connectivity index (χ1n) is 28.4. The molecule has 0 aliphatic carbocycles. The van der Waals surface area contributed by atoms with E-state index < -0.39 is 63.2 Å². The van der Waals surface area contributed by atoms with Gasteiger partial charge in [0.05, 0.1) is 61.5 Å². The Hall–Kier alpha value is -6.18. The van der Waals surface area contributed by atoms with E-state index in [0.717, 1.165) is 54.2 Å². The molecule has 6 amide bonds. The lowest BCUT2D eigenvalue weighted by atomic mass is 9.85. The van der Waals surface area contributed by atoms with Crippen molar-refractivity contribution < 1.29 is 47.1 Å². The lowest BCUT2D eigenvalue weighted by Crippen LogP contribution is -2.57. The largest absolute Gasteiger partial charge is 0.391 e. The van der Waals surface area contributed by atoms with Gasteiger partial charge in [-0.2, -0.15) is 4.31 Å². The third-order valence-corrected chi connectivity index (χ3v) is 20.2. The molecule has 6 atom stereocenters. The Morgan fingerprint density at radius 3 is 2.29 bits per heavy atom. The van der Waals surface area contributed by atoms with Gasteiger partial charge < -0.3 is 41.5 Å². The number of halogens is 1. The molecular formula is C57H75ClN12O10S2. The highest BCUT2D eigenvalue weighted by atomic mass is 35.5. The fourth-order valence-corrected chi connectivity index (χ4v) is 15.9. The van der Waals surface area contributed by atoms with Crippen molar-refractivity contribution in [3.8, 4) is 10.4 Å². The number of anilines is 1. The van der Waals surface area contributed by atoms with Crippen molar-refractivity contribution in [3.63, 3.8) is 0 Å². The summed E-state index contributed by atoms with van der Waals surface area (Å²) in [5.41, 5.74) is 10.4. The summed E-state index contributed by atoms with van der Waals surface area (Å²) in [4.78, 5) is 103. The minimum atomic E-state index is -3.61. The summed E-state index contributed by atoms with van der Waals surface area (Å²) in [6.07, 6.45) is 6.99. The molecular weight excluding hydrogens is 1110 g/mol. The second kappa shape index (κ2) is 25.4. The molecule has 6 N–H and O–H groups in total. The zero-order chi connectivity index (χ0) is 58.8. The zero-order valence-corrected chi connectivity index (χ0v) is 49.5. The van der Waals surface area contributed by atoms with Crippen molar-refractivity contribution in [2.24, 2.45) is 17.1 Å². The quantitative estimate of drug-likeness (QED) is 0.0541. The number of benzene rings is 2. The minimum absolute atomic E-state index is 0.000441. The molecule has 0 spiro atoms. The number of aromatic nitrogens is 4. The molecule has 7 heterocycles. The summed E-state index contributed by atoms with van der Waals surface area (Å²) in [6.45, 7) is 12.0. The molecule has 2 aromatic carbocycles. The number of piperidine rings is 2. The standard InChI is InChI=1S/C57H75ClN12O10S2/c1-33(36-11-13-37(14-12-36)51-34(2)61-32-81-51)62-54(76)47-25-42(71)29-68(47)56(78)52(57(3,4)5)63-48(72)10-7-6-9-38-28-67(65-64-38)30-49(73)60-19-8-20-66-21-17-35(18-22-66)31-82(79,80)70-39-15-16-40(70)24-41(23-39)69-46-27-45(58)43(53(59)75)26-44(46)50(74)55(69)77/h11-14,26-28,32-33,35,39-42,47,52,71H,6-10,15-25,29-31H2,1-5H3,(H2,59,75)(H,60,73)(H,62,76)(H,63,72)/t33-,39?,40?,41?,42+,47-,52+/m0/s1. The number of carbonyl (C=O) groups excluding carboxylic acids is 7. The van der Waals surface area contributed by atoms with Crippen LogP contribution in [0.3, 0.4) is 0 Å². The van der Waals surface area contributed by atoms with Crippen molar-refractivity contribution in [1.82, 2.24) is 50.0 Å². The van der Waals surface area contributed by atoms with E-state index in [-0.39, 0.29) is 89.6 Å². The molecule has 2 unspecified atom stereocenters. The van der Waals surface area contributed by atoms with Crippen LogP contribution in [0.25, 0.3) is 10.4 Å². The van der Waals surface area contributed by atoms with Crippen molar-refractivity contribution in [3.05, 3.63) is 81.2 Å². The Bertz CT molecular complexity index is 3160. The van der Waals surface area contributed by atoms with Crippen LogP contribution in [0.15, 0.2) is 48.1 Å². The lowest BCUT2D eigenvalue weighted by Gasteiger charge is -2.42. The summed E-state index contributed by atoms with van der Waals surface area (Å²) < 4.78 is 31.2. The first-order valence-corrected chi connectivity index (χ1v) is 31.3. The number of hydrogen-bond donors (Lipinski definition) is 5. The second-order valence-corrected chi connectivity index (χ2v) is 27.0. The lowest BCUT2D eigenvalue weighted by molar-refractivity contribution is -0.144. The number of β-amino-alcohol motifs (C(OH)–C–C–N with tert-alkyl or cyclic N) is 1. The van der Waals surface area contributed by atoms with Crippen LogP contribution in [-0.4, -0.2) is 164 Å². The first-order chi connectivity index (χ1) is 38.9. The number of likely N-dealkylation sites (tertiary alicyclic amines) is 2. The molecule has 25 heteroatoms. The number of nitrogens with one attached hydrogen (secondary N) is 3. The second-order valence-electron chi connectivity index (χ2n) is 23.8. The molecule has 442 valence electrons. The number of nitrogens with two attached hydrogens (primary N) is 1. The molecule has 9 rings (SSSR count). The highest BCUT2D eigenvalue weighted by molar-refractivity contribution is 7.89. The molecule has 22 nitrogen and oxygen atoms in total. The van der Waals surface area contributed by atoms with E-state index in [1.54, 1.807) is 21.8 Å². The van der Waals surface area contributed by atoms with Gasteiger partial charge in [0.2, 0.25) is 39.6 Å². The van der Waals surface area contributed by atoms with Gasteiger partial charge in [-0.1, -0.05) is 61.9 Å². The third-order valence-electron chi connectivity index (χ3n) is 16.8. The third kappa shape index (κ3) is 13.7. The number of aliphatic hydroxyl groups excluding tert-OH is 1. The molecule has 4 saturated heterocycles. The molecule has 0 saturated carbocycles. The topological polar surface area (TPSA) is 293 Å². The van der Waals surface area contributed by atoms with Gasteiger partial charge in [-0.3, -0.25) is 33.6 Å². The monoisotopic (exact) mass is 1190 g/mol. The number of ketones is 1. The number of nitrogens with zero attached hydrogens (tertiary/aromatic N) is 8. The number of fused-ring (bicyclic) bond motifs is 3. The number of carbonyl (C=O) groups is 7. The number of aryl methyl sites for hydroxylation is 2. The van der Waals surface area contributed by atoms with Crippen LogP contribution in [0.1, 0.15) is 142 Å². The van der Waals surface area contributed by atoms with Crippen molar-refractivity contribution >= 4 is 79.9 Å². The van der Waals surface area contributed by atoms with Gasteiger partial charge in [0.25, 0.3) is 11.7 Å². The maximum atomic E-state index is 14.2. The van der Waals surface area contributed by atoms with E-state index in [0.29, 0.717) is 69.3 Å². The summed E-state index contributed by atoms with van der Waals surface area (Å²) in [5, 5.41) is 28.0. The number of unbranched alkanes of at least 4 members (excludes halogenated alkanes) is 1. The maximum Gasteiger partial charge on any atom is 0.299 e. The smallest absolute Gasteiger partial charge is 0.299 e. The molecule has 82 heavy (non-hydrogen) atoms. The summed E-state index contributed by atoms with van der Waals surface area (Å²) >= 11 is 7.88. The molecule has 5 aliphatic heterocycles. The van der Waals surface area contributed by atoms with E-state index in [9.17, 15) is 47.1 Å². The zero-order valence-electron chi connectivity index (χ0n) is 47.1. The number of hydrogen-bond acceptors (Lipinski definition) is 15. The van der Waals surface area contributed by atoms with E-state index in [2.05, 4.69) is 36.1 Å². The van der Waals surface area contributed by atoms with Crippen LogP contribution in [-0.2, 0) is 47.0 Å². The highest BCUT2D eigenvalue weighted by Crippen LogP contribution is 2.44.